The highest BCUT2D eigenvalue weighted by molar-refractivity contribution is 5.95. The number of carbonyl (C=O) groups is 1. The van der Waals surface area contributed by atoms with Crippen molar-refractivity contribution in [3.63, 3.8) is 0 Å². The van der Waals surface area contributed by atoms with E-state index < -0.39 is 29.3 Å². The first kappa shape index (κ1) is 25.1. The Morgan fingerprint density at radius 1 is 1.15 bits per heavy atom. The van der Waals surface area contributed by atoms with Crippen LogP contribution < -0.4 is 0 Å². The molecule has 186 valence electrons. The summed E-state index contributed by atoms with van der Waals surface area (Å²) in [6.07, 6.45) is 5.56. The predicted molar refractivity (Wildman–Crippen MR) is 125 cm³/mol. The van der Waals surface area contributed by atoms with E-state index in [4.69, 9.17) is 0 Å². The third-order valence-electron chi connectivity index (χ3n) is 9.96. The number of rotatable bonds is 6. The second-order valence-electron chi connectivity index (χ2n) is 12.1. The van der Waals surface area contributed by atoms with Crippen molar-refractivity contribution in [1.82, 2.24) is 0 Å². The van der Waals surface area contributed by atoms with Crippen LogP contribution >= 0.6 is 0 Å². The summed E-state index contributed by atoms with van der Waals surface area (Å²) in [5.41, 5.74) is 0.193. The first-order valence-corrected chi connectivity index (χ1v) is 12.7. The van der Waals surface area contributed by atoms with Crippen molar-refractivity contribution >= 4 is 5.78 Å². The fraction of sp³-hybridized carbons (Fsp3) is 0.815. The Bertz CT molecular complexity index is 846. The highest BCUT2D eigenvalue weighted by Crippen LogP contribution is 2.65. The second kappa shape index (κ2) is 8.56. The van der Waals surface area contributed by atoms with Gasteiger partial charge in [0.1, 0.15) is 0 Å². The normalized spacial score (nSPS) is 44.0. The summed E-state index contributed by atoms with van der Waals surface area (Å²) in [6.45, 7) is 7.98. The molecule has 0 aromatic heterocycles. The molecular weight excluding hydrogens is 420 g/mol. The molecule has 6 nitrogen and oxygen atoms in total. The summed E-state index contributed by atoms with van der Waals surface area (Å²) in [7, 11) is 0. The van der Waals surface area contributed by atoms with Crippen LogP contribution in [0.4, 0.5) is 0 Å². The molecule has 10 atom stereocenters. The van der Waals surface area contributed by atoms with Crippen molar-refractivity contribution < 1.29 is 30.3 Å². The van der Waals surface area contributed by atoms with Crippen LogP contribution in [0.3, 0.4) is 0 Å². The van der Waals surface area contributed by atoms with Gasteiger partial charge in [-0.25, -0.2) is 0 Å². The molecule has 33 heavy (non-hydrogen) atoms. The fourth-order valence-electron chi connectivity index (χ4n) is 7.58. The van der Waals surface area contributed by atoms with Gasteiger partial charge in [-0.1, -0.05) is 38.0 Å². The van der Waals surface area contributed by atoms with E-state index in [0.717, 1.165) is 30.4 Å². The summed E-state index contributed by atoms with van der Waals surface area (Å²) in [5.74, 6) is -0.224. The van der Waals surface area contributed by atoms with E-state index in [1.165, 1.54) is 0 Å². The summed E-state index contributed by atoms with van der Waals surface area (Å²) in [6, 6.07) is 0. The molecule has 0 radical (unpaired) electrons. The molecule has 2 saturated carbocycles. The molecule has 4 aliphatic carbocycles. The number of aliphatic hydroxyl groups is 5. The maximum Gasteiger partial charge on any atom is 0.159 e. The maximum absolute atomic E-state index is 13.2. The van der Waals surface area contributed by atoms with Gasteiger partial charge in [0.25, 0.3) is 0 Å². The minimum Gasteiger partial charge on any atom is -0.396 e. The number of hydrogen-bond acceptors (Lipinski definition) is 6. The maximum atomic E-state index is 13.2. The zero-order chi connectivity index (χ0) is 24.3. The van der Waals surface area contributed by atoms with Gasteiger partial charge in [0.15, 0.2) is 5.78 Å². The molecule has 0 bridgehead atoms. The molecule has 5 N–H and O–H groups in total. The van der Waals surface area contributed by atoms with Crippen LogP contribution in [0.5, 0.6) is 0 Å². The van der Waals surface area contributed by atoms with Crippen molar-refractivity contribution in [2.24, 2.45) is 34.5 Å². The van der Waals surface area contributed by atoms with Crippen LogP contribution in [-0.4, -0.2) is 61.8 Å². The summed E-state index contributed by atoms with van der Waals surface area (Å²) < 4.78 is 0. The van der Waals surface area contributed by atoms with Crippen LogP contribution in [0.15, 0.2) is 23.3 Å². The molecule has 4 aliphatic rings. The van der Waals surface area contributed by atoms with Gasteiger partial charge in [-0.05, 0) is 75.2 Å². The van der Waals surface area contributed by atoms with E-state index in [1.807, 2.05) is 13.0 Å². The highest BCUT2D eigenvalue weighted by atomic mass is 16.3. The van der Waals surface area contributed by atoms with Gasteiger partial charge in [0.05, 0.1) is 23.9 Å². The number of carbonyl (C=O) groups excluding carboxylic acids is 1. The first-order chi connectivity index (χ1) is 15.4. The molecule has 0 aromatic carbocycles. The van der Waals surface area contributed by atoms with Crippen LogP contribution in [0.1, 0.15) is 72.6 Å². The molecule has 2 fully saturated rings. The van der Waals surface area contributed by atoms with Gasteiger partial charge in [-0.2, -0.15) is 0 Å². The van der Waals surface area contributed by atoms with E-state index in [1.54, 1.807) is 6.92 Å². The Labute approximate surface area is 197 Å². The summed E-state index contributed by atoms with van der Waals surface area (Å²) >= 11 is 0. The number of allylic oxidation sites excluding steroid dienone is 3. The molecule has 0 saturated heterocycles. The third kappa shape index (κ3) is 3.86. The number of ketones is 1. The van der Waals surface area contributed by atoms with E-state index in [0.29, 0.717) is 25.7 Å². The number of aliphatic hydroxyl groups excluding tert-OH is 4. The van der Waals surface area contributed by atoms with E-state index in [2.05, 4.69) is 19.9 Å². The van der Waals surface area contributed by atoms with Gasteiger partial charge in [-0.3, -0.25) is 4.79 Å². The lowest BCUT2D eigenvalue weighted by Gasteiger charge is -2.56. The molecule has 0 aromatic rings. The molecule has 10 unspecified atom stereocenters. The Morgan fingerprint density at radius 2 is 1.85 bits per heavy atom. The van der Waals surface area contributed by atoms with Crippen molar-refractivity contribution in [1.29, 1.82) is 0 Å². The minimum absolute atomic E-state index is 0.0467. The van der Waals surface area contributed by atoms with Crippen molar-refractivity contribution in [3.8, 4) is 0 Å². The van der Waals surface area contributed by atoms with Crippen LogP contribution in [0.25, 0.3) is 0 Å². The molecule has 4 rings (SSSR count). The molecule has 0 aliphatic heterocycles. The van der Waals surface area contributed by atoms with Gasteiger partial charge in [0, 0.05) is 23.9 Å². The Balaban J connectivity index is 1.63. The average Bonchev–Trinajstić information content (AvgIpc) is 3.12. The fourth-order valence-corrected chi connectivity index (χ4v) is 7.58. The van der Waals surface area contributed by atoms with Gasteiger partial charge in [-0.15, -0.1) is 0 Å². The smallest absolute Gasteiger partial charge is 0.159 e. The largest absolute Gasteiger partial charge is 0.396 e. The summed E-state index contributed by atoms with van der Waals surface area (Å²) in [4.78, 5) is 13.2. The van der Waals surface area contributed by atoms with Gasteiger partial charge in [0.2, 0.25) is 0 Å². The zero-order valence-corrected chi connectivity index (χ0v) is 20.5. The molecule has 0 amide bonds. The molecule has 6 heteroatoms. The van der Waals surface area contributed by atoms with Crippen LogP contribution in [0.2, 0.25) is 0 Å². The lowest BCUT2D eigenvalue weighted by atomic mass is 9.48. The van der Waals surface area contributed by atoms with Crippen LogP contribution in [-0.2, 0) is 4.79 Å². The standard InChI is InChI=1S/C27H42O6/c1-15(14-28)5-8-24(32)27(4,33)18-9-10-25(2)16(18)6-7-17-19(25)11-21(29)20-12-22(30)23(31)13-26(17,20)3/h6,11,15,17-18,20,22-24,28,30-33H,5,7-10,12-14H2,1-4H3. The Morgan fingerprint density at radius 3 is 2.52 bits per heavy atom. The first-order valence-electron chi connectivity index (χ1n) is 12.7. The third-order valence-corrected chi connectivity index (χ3v) is 9.96. The monoisotopic (exact) mass is 462 g/mol. The van der Waals surface area contributed by atoms with Gasteiger partial charge < -0.3 is 25.5 Å². The molecule has 0 heterocycles. The predicted octanol–water partition coefficient (Wildman–Crippen LogP) is 2.52. The number of hydrogen-bond donors (Lipinski definition) is 5. The SMILES string of the molecule is CC(CO)CCC(O)C(C)(O)C1CCC2(C)C1=CCC1C2=CC(=O)C2CC(O)C(O)CC21C. The quantitative estimate of drug-likeness (QED) is 0.387. The molecule has 0 spiro atoms. The highest BCUT2D eigenvalue weighted by Gasteiger charge is 2.60. The Kier molecular flexibility index (Phi) is 6.50. The lowest BCUT2D eigenvalue weighted by molar-refractivity contribution is -0.140. The minimum atomic E-state index is -1.29. The van der Waals surface area contributed by atoms with Crippen molar-refractivity contribution in [2.45, 2.75) is 96.6 Å². The van der Waals surface area contributed by atoms with E-state index >= 15 is 0 Å². The average molecular weight is 463 g/mol. The van der Waals surface area contributed by atoms with E-state index in [-0.39, 0.29) is 41.5 Å². The van der Waals surface area contributed by atoms with E-state index in [9.17, 15) is 30.3 Å². The summed E-state index contributed by atoms with van der Waals surface area (Å²) in [5, 5.41) is 52.3. The number of fused-ring (bicyclic) bond motifs is 5. The lowest BCUT2D eigenvalue weighted by Crippen LogP contribution is -2.55. The Hall–Kier alpha value is -1.05. The van der Waals surface area contributed by atoms with Crippen molar-refractivity contribution in [2.75, 3.05) is 6.61 Å². The van der Waals surface area contributed by atoms with Crippen molar-refractivity contribution in [3.05, 3.63) is 23.3 Å². The zero-order valence-electron chi connectivity index (χ0n) is 20.5. The van der Waals surface area contributed by atoms with Crippen LogP contribution in [0, 0.1) is 34.5 Å². The topological polar surface area (TPSA) is 118 Å². The second-order valence-corrected chi connectivity index (χ2v) is 12.1. The van der Waals surface area contributed by atoms with Gasteiger partial charge >= 0.3 is 0 Å². The molecular formula is C27H42O6.